The third-order valence-corrected chi connectivity index (χ3v) is 19.2. The number of phosphoric ester groups is 3. The number of aromatic amines is 2. The van der Waals surface area contributed by atoms with E-state index < -0.39 is 196 Å². The number of nitrogens with zero attached hydrogens (tertiary/aromatic N) is 10. The lowest BCUT2D eigenvalue weighted by Gasteiger charge is -2.27. The second-order valence-electron chi connectivity index (χ2n) is 21.3. The van der Waals surface area contributed by atoms with Gasteiger partial charge in [0.25, 0.3) is 11.1 Å². The van der Waals surface area contributed by atoms with E-state index >= 15 is 0 Å². The lowest BCUT2D eigenvalue weighted by atomic mass is 10.1. The molecule has 0 bridgehead atoms. The van der Waals surface area contributed by atoms with Gasteiger partial charge in [0.15, 0.2) is 47.5 Å². The van der Waals surface area contributed by atoms with Crippen molar-refractivity contribution in [3.05, 3.63) is 85.2 Å². The molecular formula is C44H61N15O28P4. The van der Waals surface area contributed by atoms with E-state index in [0.717, 1.165) is 52.6 Å². The first-order valence-electron chi connectivity index (χ1n) is 27.0. The minimum atomic E-state index is -5.80. The van der Waals surface area contributed by atoms with E-state index in [2.05, 4.69) is 34.9 Å². The van der Waals surface area contributed by atoms with Crippen LogP contribution < -0.4 is 39.7 Å². The van der Waals surface area contributed by atoms with Crippen LogP contribution in [0.5, 0.6) is 0 Å². The van der Waals surface area contributed by atoms with Crippen molar-refractivity contribution in [1.82, 2.24) is 58.1 Å². The summed E-state index contributed by atoms with van der Waals surface area (Å²) < 4.78 is 126. The number of imidazole rings is 2. The van der Waals surface area contributed by atoms with Gasteiger partial charge in [0.1, 0.15) is 90.9 Å². The molecule has 8 unspecified atom stereocenters. The Hall–Kier alpha value is -6.02. The van der Waals surface area contributed by atoms with Crippen molar-refractivity contribution in [3.63, 3.8) is 0 Å². The summed E-state index contributed by atoms with van der Waals surface area (Å²) in [5, 5.41) is 46.5. The first-order valence-corrected chi connectivity index (χ1v) is 33.1. The highest BCUT2D eigenvalue weighted by molar-refractivity contribution is 7.53. The van der Waals surface area contributed by atoms with E-state index in [1.807, 2.05) is 4.98 Å². The molecule has 0 aliphatic carbocycles. The summed E-state index contributed by atoms with van der Waals surface area (Å²) in [5.41, 5.74) is 11.9. The van der Waals surface area contributed by atoms with Crippen molar-refractivity contribution >= 4 is 71.0 Å². The summed E-state index contributed by atoms with van der Waals surface area (Å²) in [7, 11) is -21.6. The van der Waals surface area contributed by atoms with Gasteiger partial charge in [0, 0.05) is 18.5 Å². The molecule has 4 saturated heterocycles. The maximum Gasteiger partial charge on any atom is 0.472 e. The van der Waals surface area contributed by atoms with Gasteiger partial charge in [0.05, 0.1) is 50.8 Å². The molecule has 0 radical (unpaired) electrons. The summed E-state index contributed by atoms with van der Waals surface area (Å²) in [5.74, 6) is -0.809. The van der Waals surface area contributed by atoms with Crippen LogP contribution in [0.25, 0.3) is 22.3 Å². The number of fused-ring (bicyclic) bond motifs is 2. The Labute approximate surface area is 507 Å². The van der Waals surface area contributed by atoms with Gasteiger partial charge in [-0.3, -0.25) is 74.1 Å². The van der Waals surface area contributed by atoms with E-state index in [0.29, 0.717) is 4.57 Å². The molecule has 500 valence electrons. The van der Waals surface area contributed by atoms with Gasteiger partial charge in [-0.05, 0) is 19.9 Å². The molecule has 10 heterocycles. The zero-order valence-electron chi connectivity index (χ0n) is 47.5. The van der Waals surface area contributed by atoms with E-state index in [9.17, 15) is 77.4 Å². The van der Waals surface area contributed by atoms with Gasteiger partial charge in [-0.2, -0.15) is 9.97 Å². The van der Waals surface area contributed by atoms with Gasteiger partial charge in [0.2, 0.25) is 5.95 Å². The SMILES string of the molecule is CC(C)OC[C@H]1O[C@@H](n2ccc(=O)[nH]c2=O)C(O)[C@H]1OP(=O)(O)OC[C@H]1O[C@@H](n2ccc(N)nc2=O)C(O)[C@H]1OP(=O)(O)OC[C@H]1O[C@@H](n2cnc3c(=O)[nH]c(N)nc32)C(O)[C@H]1OP(=O)(O)OC[C@H]1O[C@@H](n2cnc3c(N)ncnc32)C(O)[C@H]1OP(=O)(O)C(C)C. The first kappa shape index (κ1) is 67.9. The normalized spacial score (nSPS) is 31.4. The zero-order valence-corrected chi connectivity index (χ0v) is 51.1. The number of hydrogen-bond donors (Lipinski definition) is 13. The average molecular weight is 1370 g/mol. The molecule has 16 N–H and O–H groups in total. The molecule has 47 heteroatoms. The number of nitrogens with two attached hydrogens (primary N) is 3. The number of aliphatic hydroxyl groups is 4. The predicted molar refractivity (Wildman–Crippen MR) is 299 cm³/mol. The molecule has 6 aromatic heterocycles. The van der Waals surface area contributed by atoms with E-state index in [1.54, 1.807) is 13.8 Å². The van der Waals surface area contributed by atoms with Gasteiger partial charge in [-0.15, -0.1) is 0 Å². The molecule has 6 aromatic rings. The van der Waals surface area contributed by atoms with E-state index in [1.165, 1.54) is 18.4 Å². The summed E-state index contributed by atoms with van der Waals surface area (Å²) in [6.07, 6.45) is -25.7. The molecule has 4 aliphatic heterocycles. The van der Waals surface area contributed by atoms with Gasteiger partial charge in [-0.1, -0.05) is 13.8 Å². The quantitative estimate of drug-likeness (QED) is 0.0247. The third-order valence-electron chi connectivity index (χ3n) is 14.4. The van der Waals surface area contributed by atoms with Gasteiger partial charge >= 0.3 is 42.4 Å². The van der Waals surface area contributed by atoms with Crippen LogP contribution in [0.15, 0.2) is 62.7 Å². The molecular weight excluding hydrogens is 1310 g/mol. The summed E-state index contributed by atoms with van der Waals surface area (Å²) in [4.78, 5) is 123. The monoisotopic (exact) mass is 1370 g/mol. The van der Waals surface area contributed by atoms with Crippen molar-refractivity contribution in [1.29, 1.82) is 0 Å². The maximum absolute atomic E-state index is 14.2. The Kier molecular flexibility index (Phi) is 19.7. The second kappa shape index (κ2) is 26.4. The lowest BCUT2D eigenvalue weighted by molar-refractivity contribution is -0.0794. The summed E-state index contributed by atoms with van der Waals surface area (Å²) in [6, 6.07) is 2.03. The standard InChI is InChI=1S/C44H61N15O28P4/c1-16(2)76-9-18-31(27(62)39(80-18)57-8-6-23(60)53-44(57)67)85-89(70,71)78-11-20-32(28(63)38(81-20)56-7-5-22(45)52-43(56)66)86-91(74,75)79-12-21-33(29(64)41(83-21)59-15-51-25-36(59)54-42(47)55-37(25)65)87-90(72,73)77-10-19-30(84-88(68,69)17(3)4)26(61)40(82-19)58-14-50-24-34(46)48-13-49-35(24)58/h5-8,13-21,26-33,38-41,61-64H,9-12H2,1-4H3,(H,68,69)(H,70,71)(H,72,73)(H,74,75)(H2,45,52,66)(H2,46,48,49)(H,53,60,67)(H3,47,54,55,65)/t18-,19-,20-,21-,26?,27?,28?,29?,30+,31+,32+,33+,38-,39-,40-,41-/m1/s1. The number of ether oxygens (including phenoxy) is 5. The smallest absolute Gasteiger partial charge is 0.386 e. The lowest BCUT2D eigenvalue weighted by Crippen LogP contribution is -2.39. The number of aliphatic hydroxyl groups excluding tert-OH is 4. The van der Waals surface area contributed by atoms with Crippen molar-refractivity contribution in [2.75, 3.05) is 43.6 Å². The van der Waals surface area contributed by atoms with Crippen LogP contribution in [0.4, 0.5) is 17.6 Å². The van der Waals surface area contributed by atoms with Crippen LogP contribution in [-0.4, -0.2) is 210 Å². The molecule has 91 heavy (non-hydrogen) atoms. The largest absolute Gasteiger partial charge is 0.472 e. The van der Waals surface area contributed by atoms with Gasteiger partial charge < -0.3 is 80.9 Å². The molecule has 0 spiro atoms. The van der Waals surface area contributed by atoms with Crippen molar-refractivity contribution in [3.8, 4) is 0 Å². The number of hydrogen-bond acceptors (Lipinski definition) is 33. The third kappa shape index (κ3) is 14.5. The number of phosphoric acid groups is 3. The Morgan fingerprint density at radius 1 is 0.560 bits per heavy atom. The Morgan fingerprint density at radius 3 is 1.49 bits per heavy atom. The van der Waals surface area contributed by atoms with Crippen LogP contribution in [-0.2, 0) is 73.6 Å². The first-order chi connectivity index (χ1) is 42.7. The van der Waals surface area contributed by atoms with Gasteiger partial charge in [-0.25, -0.2) is 43.2 Å². The fraction of sp³-hybridized carbons (Fsp3) is 0.591. The Bertz CT molecular complexity index is 4090. The number of nitrogen functional groups attached to an aromatic ring is 3. The van der Waals surface area contributed by atoms with Crippen LogP contribution >= 0.6 is 31.1 Å². The van der Waals surface area contributed by atoms with E-state index in [4.69, 9.17) is 72.6 Å². The molecule has 0 amide bonds. The average Bonchev–Trinajstić information content (AvgIpc) is 1.66. The summed E-state index contributed by atoms with van der Waals surface area (Å²) >= 11 is 0. The summed E-state index contributed by atoms with van der Waals surface area (Å²) in [6.45, 7) is 1.89. The van der Waals surface area contributed by atoms with Crippen LogP contribution in [0, 0.1) is 0 Å². The highest BCUT2D eigenvalue weighted by Crippen LogP contribution is 2.55. The maximum atomic E-state index is 14.2. The highest BCUT2D eigenvalue weighted by Gasteiger charge is 2.56. The molecule has 0 saturated carbocycles. The Balaban J connectivity index is 0.886. The molecule has 20 atom stereocenters. The number of rotatable bonds is 25. The van der Waals surface area contributed by atoms with Crippen molar-refractivity contribution in [2.45, 2.75) is 138 Å². The van der Waals surface area contributed by atoms with Crippen LogP contribution in [0.3, 0.4) is 0 Å². The van der Waals surface area contributed by atoms with Crippen LogP contribution in [0.1, 0.15) is 52.6 Å². The zero-order chi connectivity index (χ0) is 66.0. The van der Waals surface area contributed by atoms with Crippen molar-refractivity contribution in [2.24, 2.45) is 0 Å². The molecule has 10 rings (SSSR count). The predicted octanol–water partition coefficient (Wildman–Crippen LogP) is -3.54. The second-order valence-corrected chi connectivity index (χ2v) is 27.8. The molecule has 4 aliphatic rings. The van der Waals surface area contributed by atoms with Crippen LogP contribution in [0.2, 0.25) is 0 Å². The molecule has 43 nitrogen and oxygen atoms in total. The minimum absolute atomic E-state index is 0.0210. The highest BCUT2D eigenvalue weighted by atomic mass is 31.2. The number of anilines is 3. The minimum Gasteiger partial charge on any atom is -0.386 e. The van der Waals surface area contributed by atoms with Crippen molar-refractivity contribution < 1.29 is 114 Å². The fourth-order valence-corrected chi connectivity index (χ4v) is 13.7. The number of H-pyrrole nitrogens is 2. The Morgan fingerprint density at radius 2 is 1.01 bits per heavy atom. The molecule has 4 fully saturated rings. The fourth-order valence-electron chi connectivity index (χ4n) is 9.93. The topological polar surface area (TPSA) is 616 Å². The number of aromatic nitrogens is 12. The van der Waals surface area contributed by atoms with E-state index in [-0.39, 0.29) is 34.0 Å². The molecule has 0 aromatic carbocycles. The number of nitrogens with one attached hydrogen (secondary N) is 2.